The van der Waals surface area contributed by atoms with Crippen LogP contribution in [0.25, 0.3) is 0 Å². The van der Waals surface area contributed by atoms with Gasteiger partial charge in [0.05, 0.1) is 5.56 Å². The Morgan fingerprint density at radius 3 is 2.75 bits per heavy atom. The van der Waals surface area contributed by atoms with Crippen molar-refractivity contribution in [1.29, 1.82) is 0 Å². The SMILES string of the molecule is CC(Nc1cc(Br)cc(C(=O)O)c1)C1CC2CCC1C2. The second-order valence-corrected chi connectivity index (χ2v) is 7.22. The van der Waals surface area contributed by atoms with Crippen molar-refractivity contribution in [3.05, 3.63) is 28.2 Å². The standard InChI is InChI=1S/C16H20BrNO2/c1-9(15-5-10-2-3-11(15)4-10)18-14-7-12(16(19)20)6-13(17)8-14/h6-11,15,18H,2-5H2,1H3,(H,19,20). The van der Waals surface area contributed by atoms with Gasteiger partial charge in [-0.3, -0.25) is 0 Å². The highest BCUT2D eigenvalue weighted by Crippen LogP contribution is 2.49. The molecule has 0 heterocycles. The van der Waals surface area contributed by atoms with Crippen molar-refractivity contribution >= 4 is 27.6 Å². The summed E-state index contributed by atoms with van der Waals surface area (Å²) in [6.07, 6.45) is 5.52. The Labute approximate surface area is 127 Å². The Morgan fingerprint density at radius 1 is 1.35 bits per heavy atom. The Kier molecular flexibility index (Phi) is 3.76. The van der Waals surface area contributed by atoms with Crippen molar-refractivity contribution in [1.82, 2.24) is 0 Å². The van der Waals surface area contributed by atoms with E-state index in [1.165, 1.54) is 25.7 Å². The molecule has 2 aliphatic carbocycles. The maximum Gasteiger partial charge on any atom is 0.335 e. The molecule has 0 aromatic heterocycles. The number of carboxylic acids is 1. The highest BCUT2D eigenvalue weighted by molar-refractivity contribution is 9.10. The van der Waals surface area contributed by atoms with Crippen LogP contribution >= 0.6 is 15.9 Å². The lowest BCUT2D eigenvalue weighted by Gasteiger charge is -2.29. The minimum atomic E-state index is -0.887. The maximum absolute atomic E-state index is 11.1. The van der Waals surface area contributed by atoms with E-state index in [1.807, 2.05) is 6.07 Å². The molecule has 3 nitrogen and oxygen atoms in total. The summed E-state index contributed by atoms with van der Waals surface area (Å²) in [4.78, 5) is 11.1. The van der Waals surface area contributed by atoms with Crippen molar-refractivity contribution in [3.8, 4) is 0 Å². The minimum absolute atomic E-state index is 0.321. The first-order chi connectivity index (χ1) is 9.52. The average molecular weight is 338 g/mol. The minimum Gasteiger partial charge on any atom is -0.478 e. The zero-order valence-corrected chi connectivity index (χ0v) is 13.2. The van der Waals surface area contributed by atoms with Crippen LogP contribution in [0.1, 0.15) is 43.0 Å². The Hall–Kier alpha value is -1.03. The van der Waals surface area contributed by atoms with Crippen LogP contribution in [0.3, 0.4) is 0 Å². The molecule has 0 spiro atoms. The molecular formula is C16H20BrNO2. The van der Waals surface area contributed by atoms with Crippen LogP contribution in [-0.4, -0.2) is 17.1 Å². The van der Waals surface area contributed by atoms with Crippen LogP contribution in [0.5, 0.6) is 0 Å². The maximum atomic E-state index is 11.1. The number of aromatic carboxylic acids is 1. The van der Waals surface area contributed by atoms with Gasteiger partial charge in [0.15, 0.2) is 0 Å². The van der Waals surface area contributed by atoms with Crippen molar-refractivity contribution in [3.63, 3.8) is 0 Å². The van der Waals surface area contributed by atoms with E-state index < -0.39 is 5.97 Å². The molecule has 2 N–H and O–H groups in total. The van der Waals surface area contributed by atoms with Gasteiger partial charge in [-0.25, -0.2) is 4.79 Å². The highest BCUT2D eigenvalue weighted by atomic mass is 79.9. The van der Waals surface area contributed by atoms with Gasteiger partial charge in [0, 0.05) is 16.2 Å². The molecule has 2 bridgehead atoms. The Balaban J connectivity index is 1.72. The number of fused-ring (bicyclic) bond motifs is 2. The summed E-state index contributed by atoms with van der Waals surface area (Å²) in [5, 5.41) is 12.6. The number of hydrogen-bond donors (Lipinski definition) is 2. The zero-order valence-electron chi connectivity index (χ0n) is 11.6. The first-order valence-electron chi connectivity index (χ1n) is 7.33. The molecule has 4 atom stereocenters. The molecule has 4 unspecified atom stereocenters. The molecule has 1 aromatic rings. The largest absolute Gasteiger partial charge is 0.478 e. The van der Waals surface area contributed by atoms with Crippen LogP contribution in [-0.2, 0) is 0 Å². The van der Waals surface area contributed by atoms with Gasteiger partial charge in [0.25, 0.3) is 0 Å². The number of anilines is 1. The lowest BCUT2D eigenvalue weighted by molar-refractivity contribution is 0.0697. The number of halogens is 1. The van der Waals surface area contributed by atoms with Gasteiger partial charge < -0.3 is 10.4 Å². The normalized spacial score (nSPS) is 29.4. The fraction of sp³-hybridized carbons (Fsp3) is 0.562. The molecule has 20 heavy (non-hydrogen) atoms. The van der Waals surface area contributed by atoms with E-state index in [4.69, 9.17) is 5.11 Å². The summed E-state index contributed by atoms with van der Waals surface area (Å²) >= 11 is 3.38. The van der Waals surface area contributed by atoms with E-state index in [1.54, 1.807) is 12.1 Å². The molecule has 0 amide bonds. The third-order valence-electron chi connectivity index (χ3n) is 4.97. The van der Waals surface area contributed by atoms with Gasteiger partial charge in [0.2, 0.25) is 0 Å². The summed E-state index contributed by atoms with van der Waals surface area (Å²) < 4.78 is 0.806. The fourth-order valence-corrected chi connectivity index (χ4v) is 4.57. The second kappa shape index (κ2) is 5.40. The molecular weight excluding hydrogens is 318 g/mol. The monoisotopic (exact) mass is 337 g/mol. The Bertz CT molecular complexity index is 531. The molecule has 4 heteroatoms. The molecule has 2 saturated carbocycles. The van der Waals surface area contributed by atoms with Gasteiger partial charge in [0.1, 0.15) is 0 Å². The number of hydrogen-bond acceptors (Lipinski definition) is 2. The molecule has 2 aliphatic rings. The molecule has 3 rings (SSSR count). The average Bonchev–Trinajstić information content (AvgIpc) is 3.00. The Morgan fingerprint density at radius 2 is 2.15 bits per heavy atom. The highest BCUT2D eigenvalue weighted by Gasteiger charge is 2.41. The second-order valence-electron chi connectivity index (χ2n) is 6.31. The van der Waals surface area contributed by atoms with E-state index in [0.29, 0.717) is 11.6 Å². The summed E-state index contributed by atoms with van der Waals surface area (Å²) in [6, 6.07) is 5.71. The summed E-state index contributed by atoms with van der Waals surface area (Å²) in [5.74, 6) is 1.66. The molecule has 0 saturated heterocycles. The van der Waals surface area contributed by atoms with Gasteiger partial charge in [-0.1, -0.05) is 22.4 Å². The number of rotatable bonds is 4. The van der Waals surface area contributed by atoms with Crippen LogP contribution < -0.4 is 5.32 Å². The topological polar surface area (TPSA) is 49.3 Å². The predicted octanol–water partition coefficient (Wildman–Crippen LogP) is 4.38. The van der Waals surface area contributed by atoms with Gasteiger partial charge >= 0.3 is 5.97 Å². The number of carbonyl (C=O) groups is 1. The van der Waals surface area contributed by atoms with Crippen LogP contribution in [0.15, 0.2) is 22.7 Å². The van der Waals surface area contributed by atoms with Crippen LogP contribution in [0.2, 0.25) is 0 Å². The van der Waals surface area contributed by atoms with Gasteiger partial charge in [-0.2, -0.15) is 0 Å². The van der Waals surface area contributed by atoms with Crippen molar-refractivity contribution in [2.24, 2.45) is 17.8 Å². The quantitative estimate of drug-likeness (QED) is 0.856. The zero-order chi connectivity index (χ0) is 14.3. The van der Waals surface area contributed by atoms with E-state index >= 15 is 0 Å². The van der Waals surface area contributed by atoms with Crippen molar-refractivity contribution in [2.45, 2.75) is 38.6 Å². The molecule has 108 valence electrons. The third-order valence-corrected chi connectivity index (χ3v) is 5.43. The van der Waals surface area contributed by atoms with E-state index in [-0.39, 0.29) is 0 Å². The molecule has 1 aromatic carbocycles. The molecule has 0 aliphatic heterocycles. The van der Waals surface area contributed by atoms with Crippen LogP contribution in [0.4, 0.5) is 5.69 Å². The van der Waals surface area contributed by atoms with E-state index in [2.05, 4.69) is 28.2 Å². The summed E-state index contributed by atoms with van der Waals surface area (Å²) in [6.45, 7) is 2.23. The molecule has 0 radical (unpaired) electrons. The first kappa shape index (κ1) is 13.9. The smallest absolute Gasteiger partial charge is 0.335 e. The van der Waals surface area contributed by atoms with Crippen molar-refractivity contribution < 1.29 is 9.90 Å². The van der Waals surface area contributed by atoms with Crippen molar-refractivity contribution in [2.75, 3.05) is 5.32 Å². The molecule has 2 fully saturated rings. The summed E-state index contributed by atoms with van der Waals surface area (Å²) in [5.41, 5.74) is 1.22. The van der Waals surface area contributed by atoms with Gasteiger partial charge in [-0.05, 0) is 62.1 Å². The number of nitrogens with one attached hydrogen (secondary N) is 1. The van der Waals surface area contributed by atoms with Crippen LogP contribution in [0, 0.1) is 17.8 Å². The lowest BCUT2D eigenvalue weighted by Crippen LogP contribution is -2.30. The fourth-order valence-electron chi connectivity index (χ4n) is 4.07. The number of benzene rings is 1. The van der Waals surface area contributed by atoms with Gasteiger partial charge in [-0.15, -0.1) is 0 Å². The third kappa shape index (κ3) is 2.71. The first-order valence-corrected chi connectivity index (χ1v) is 8.12. The lowest BCUT2D eigenvalue weighted by atomic mass is 9.84. The predicted molar refractivity (Wildman–Crippen MR) is 83.1 cm³/mol. The van der Waals surface area contributed by atoms with E-state index in [0.717, 1.165) is 27.9 Å². The summed E-state index contributed by atoms with van der Waals surface area (Å²) in [7, 11) is 0. The van der Waals surface area contributed by atoms with E-state index in [9.17, 15) is 4.79 Å². The number of carboxylic acid groups (broad SMARTS) is 1.